The van der Waals surface area contributed by atoms with Crippen molar-refractivity contribution in [1.82, 2.24) is 0 Å². The predicted octanol–water partition coefficient (Wildman–Crippen LogP) is 5.74. The van der Waals surface area contributed by atoms with Crippen LogP contribution in [-0.4, -0.2) is 0 Å². The van der Waals surface area contributed by atoms with Crippen LogP contribution in [0.1, 0.15) is 11.1 Å². The predicted molar refractivity (Wildman–Crippen MR) is 78.6 cm³/mol. The summed E-state index contributed by atoms with van der Waals surface area (Å²) in [6.45, 7) is 0. The molecule has 0 aliphatic heterocycles. The van der Waals surface area contributed by atoms with Crippen LogP contribution >= 0.6 is 27.5 Å². The topological polar surface area (TPSA) is 35.8 Å². The van der Waals surface area contributed by atoms with Gasteiger partial charge in [0, 0.05) is 9.50 Å². The molecule has 0 bridgehead atoms. The summed E-state index contributed by atoms with van der Waals surface area (Å²) in [5.74, 6) is 0. The van der Waals surface area contributed by atoms with Crippen LogP contribution in [0.5, 0.6) is 0 Å². The molecule has 0 amide bonds. The first-order valence-electron chi connectivity index (χ1n) is 5.64. The number of benzene rings is 2. The van der Waals surface area contributed by atoms with Gasteiger partial charge in [-0.1, -0.05) is 11.6 Å². The summed E-state index contributed by atoms with van der Waals surface area (Å²) in [7, 11) is 0. The van der Waals surface area contributed by atoms with E-state index in [4.69, 9.17) is 16.9 Å². The van der Waals surface area contributed by atoms with Gasteiger partial charge in [-0.3, -0.25) is 0 Å². The minimum atomic E-state index is -4.49. The summed E-state index contributed by atoms with van der Waals surface area (Å²) >= 11 is 9.16. The maximum absolute atomic E-state index is 12.6. The molecule has 0 unspecified atom stereocenters. The van der Waals surface area contributed by atoms with E-state index in [0.717, 1.165) is 12.1 Å². The van der Waals surface area contributed by atoms with Crippen LogP contribution in [0, 0.1) is 11.3 Å². The van der Waals surface area contributed by atoms with E-state index in [2.05, 4.69) is 21.2 Å². The average Bonchev–Trinajstić information content (AvgIpc) is 2.42. The van der Waals surface area contributed by atoms with Crippen LogP contribution < -0.4 is 5.32 Å². The zero-order valence-electron chi connectivity index (χ0n) is 10.3. The minimum Gasteiger partial charge on any atom is -0.353 e. The van der Waals surface area contributed by atoms with Gasteiger partial charge in [-0.25, -0.2) is 0 Å². The molecule has 108 valence electrons. The molecule has 0 saturated carbocycles. The number of nitrogens with one attached hydrogen (secondary N) is 1. The Morgan fingerprint density at radius 1 is 1.10 bits per heavy atom. The van der Waals surface area contributed by atoms with Crippen LogP contribution in [-0.2, 0) is 6.18 Å². The largest absolute Gasteiger partial charge is 0.416 e. The number of nitrogens with zero attached hydrogens (tertiary/aromatic N) is 1. The summed E-state index contributed by atoms with van der Waals surface area (Å²) in [5, 5.41) is 12.4. The normalized spacial score (nSPS) is 11.0. The van der Waals surface area contributed by atoms with Gasteiger partial charge in [-0.15, -0.1) is 0 Å². The Morgan fingerprint density at radius 2 is 1.81 bits per heavy atom. The van der Waals surface area contributed by atoms with Gasteiger partial charge in [0.25, 0.3) is 0 Å². The molecule has 2 aromatic rings. The van der Waals surface area contributed by atoms with E-state index in [1.165, 1.54) is 6.07 Å². The molecule has 0 spiro atoms. The molecule has 0 aliphatic rings. The van der Waals surface area contributed by atoms with E-state index < -0.39 is 11.7 Å². The van der Waals surface area contributed by atoms with E-state index in [-0.39, 0.29) is 11.3 Å². The van der Waals surface area contributed by atoms with Crippen LogP contribution in [0.2, 0.25) is 5.02 Å². The zero-order chi connectivity index (χ0) is 15.6. The van der Waals surface area contributed by atoms with Crippen LogP contribution in [0.3, 0.4) is 0 Å². The van der Waals surface area contributed by atoms with Crippen molar-refractivity contribution in [3.05, 3.63) is 57.0 Å². The van der Waals surface area contributed by atoms with Gasteiger partial charge < -0.3 is 5.32 Å². The summed E-state index contributed by atoms with van der Waals surface area (Å²) in [6.07, 6.45) is -4.49. The Labute approximate surface area is 132 Å². The quantitative estimate of drug-likeness (QED) is 0.727. The smallest absolute Gasteiger partial charge is 0.353 e. The van der Waals surface area contributed by atoms with E-state index >= 15 is 0 Å². The standard InChI is InChI=1S/C14H7BrClF3N2/c15-11-3-2-10(16)6-13(11)21-12-4-1-9(14(17,18)19)5-8(12)7-20/h1-6,21H. The molecule has 21 heavy (non-hydrogen) atoms. The van der Waals surface area contributed by atoms with Crippen LogP contribution in [0.15, 0.2) is 40.9 Å². The van der Waals surface area contributed by atoms with Crippen molar-refractivity contribution in [2.45, 2.75) is 6.18 Å². The molecule has 7 heteroatoms. The number of hydrogen-bond donors (Lipinski definition) is 1. The fourth-order valence-electron chi connectivity index (χ4n) is 1.66. The van der Waals surface area contributed by atoms with Crippen molar-refractivity contribution in [3.63, 3.8) is 0 Å². The average molecular weight is 376 g/mol. The van der Waals surface area contributed by atoms with Crippen molar-refractivity contribution in [2.24, 2.45) is 0 Å². The summed E-state index contributed by atoms with van der Waals surface area (Å²) in [5.41, 5.74) is -0.140. The number of halogens is 5. The number of hydrogen-bond acceptors (Lipinski definition) is 2. The molecular weight excluding hydrogens is 369 g/mol. The molecule has 0 radical (unpaired) electrons. The highest BCUT2D eigenvalue weighted by molar-refractivity contribution is 9.10. The third-order valence-corrected chi connectivity index (χ3v) is 3.59. The number of anilines is 2. The summed E-state index contributed by atoms with van der Waals surface area (Å²) < 4.78 is 38.6. The van der Waals surface area contributed by atoms with Gasteiger partial charge >= 0.3 is 6.18 Å². The van der Waals surface area contributed by atoms with Gasteiger partial charge in [0.2, 0.25) is 0 Å². The van der Waals surface area contributed by atoms with E-state index in [9.17, 15) is 13.2 Å². The number of alkyl halides is 3. The van der Waals surface area contributed by atoms with E-state index in [1.54, 1.807) is 24.3 Å². The SMILES string of the molecule is N#Cc1cc(C(F)(F)F)ccc1Nc1cc(Cl)ccc1Br. The Balaban J connectivity index is 2.41. The lowest BCUT2D eigenvalue weighted by Crippen LogP contribution is -2.06. The summed E-state index contributed by atoms with van der Waals surface area (Å²) in [6, 6.07) is 9.65. The first-order chi connectivity index (χ1) is 9.81. The fourth-order valence-corrected chi connectivity index (χ4v) is 2.18. The van der Waals surface area contributed by atoms with Crippen molar-refractivity contribution in [2.75, 3.05) is 5.32 Å². The van der Waals surface area contributed by atoms with Crippen molar-refractivity contribution >= 4 is 38.9 Å². The number of rotatable bonds is 2. The lowest BCUT2D eigenvalue weighted by atomic mass is 10.1. The van der Waals surface area contributed by atoms with Crippen molar-refractivity contribution in [1.29, 1.82) is 5.26 Å². The maximum atomic E-state index is 12.6. The van der Waals surface area contributed by atoms with Crippen molar-refractivity contribution < 1.29 is 13.2 Å². The highest BCUT2D eigenvalue weighted by atomic mass is 79.9. The minimum absolute atomic E-state index is 0.100. The van der Waals surface area contributed by atoms with Gasteiger partial charge in [0.1, 0.15) is 6.07 Å². The second kappa shape index (κ2) is 5.96. The fraction of sp³-hybridized carbons (Fsp3) is 0.0714. The molecule has 0 aliphatic carbocycles. The number of nitriles is 1. The second-order valence-corrected chi connectivity index (χ2v) is 5.41. The molecule has 0 saturated heterocycles. The molecule has 0 aromatic heterocycles. The summed E-state index contributed by atoms with van der Waals surface area (Å²) in [4.78, 5) is 0. The molecule has 0 atom stereocenters. The highest BCUT2D eigenvalue weighted by Crippen LogP contribution is 2.34. The van der Waals surface area contributed by atoms with Gasteiger partial charge in [0.15, 0.2) is 0 Å². The van der Waals surface area contributed by atoms with Crippen LogP contribution in [0.25, 0.3) is 0 Å². The Morgan fingerprint density at radius 3 is 2.43 bits per heavy atom. The monoisotopic (exact) mass is 374 g/mol. The Hall–Kier alpha value is -1.71. The highest BCUT2D eigenvalue weighted by Gasteiger charge is 2.31. The third kappa shape index (κ3) is 3.69. The Bertz CT molecular complexity index is 723. The lowest BCUT2D eigenvalue weighted by molar-refractivity contribution is -0.137. The first-order valence-corrected chi connectivity index (χ1v) is 6.82. The van der Waals surface area contributed by atoms with Gasteiger partial charge in [0.05, 0.1) is 22.5 Å². The first kappa shape index (κ1) is 15.7. The lowest BCUT2D eigenvalue weighted by Gasteiger charge is -2.13. The van der Waals surface area contributed by atoms with Gasteiger partial charge in [-0.2, -0.15) is 18.4 Å². The third-order valence-electron chi connectivity index (χ3n) is 2.67. The van der Waals surface area contributed by atoms with Crippen LogP contribution in [0.4, 0.5) is 24.5 Å². The molecule has 0 fully saturated rings. The van der Waals surface area contributed by atoms with Gasteiger partial charge in [-0.05, 0) is 52.3 Å². The molecular formula is C14H7BrClF3N2. The van der Waals surface area contributed by atoms with E-state index in [1.807, 2.05) is 0 Å². The molecule has 0 heterocycles. The molecule has 2 nitrogen and oxygen atoms in total. The van der Waals surface area contributed by atoms with Crippen molar-refractivity contribution in [3.8, 4) is 6.07 Å². The Kier molecular flexibility index (Phi) is 4.45. The zero-order valence-corrected chi connectivity index (χ0v) is 12.6. The molecule has 2 rings (SSSR count). The molecule has 2 aromatic carbocycles. The molecule has 1 N–H and O–H groups in total. The maximum Gasteiger partial charge on any atom is 0.416 e. The second-order valence-electron chi connectivity index (χ2n) is 4.12. The van der Waals surface area contributed by atoms with E-state index in [0.29, 0.717) is 15.2 Å².